The van der Waals surface area contributed by atoms with Crippen molar-refractivity contribution in [3.63, 3.8) is 0 Å². The van der Waals surface area contributed by atoms with E-state index in [1.165, 1.54) is 6.92 Å². The van der Waals surface area contributed by atoms with Gasteiger partial charge in [-0.1, -0.05) is 18.2 Å². The van der Waals surface area contributed by atoms with E-state index >= 15 is 0 Å². The van der Waals surface area contributed by atoms with Gasteiger partial charge in [-0.3, -0.25) is 14.4 Å². The minimum Gasteiger partial charge on any atom is -0.358 e. The molecular weight excluding hydrogens is 330 g/mol. The summed E-state index contributed by atoms with van der Waals surface area (Å²) in [6.45, 7) is 4.26. The largest absolute Gasteiger partial charge is 0.358 e. The number of aromatic nitrogens is 1. The van der Waals surface area contributed by atoms with Crippen LogP contribution < -0.4 is 0 Å². The fourth-order valence-electron chi connectivity index (χ4n) is 3.70. The van der Waals surface area contributed by atoms with Gasteiger partial charge in [0.15, 0.2) is 17.5 Å². The summed E-state index contributed by atoms with van der Waals surface area (Å²) in [5.74, 6) is -2.45. The van der Waals surface area contributed by atoms with Gasteiger partial charge in [0.05, 0.1) is 6.07 Å². The molecule has 1 aromatic carbocycles. The normalized spacial score (nSPS) is 16.3. The number of amides is 1. The van der Waals surface area contributed by atoms with Crippen LogP contribution in [0.15, 0.2) is 24.3 Å². The number of Topliss-reactive ketones (excluding diaryl/α,β-unsaturated/α-hetero) is 2. The molecule has 0 bridgehead atoms. The number of aromatic amines is 1. The quantitative estimate of drug-likeness (QED) is 0.677. The minimum atomic E-state index is -1.30. The first-order valence-electron chi connectivity index (χ1n) is 8.74. The molecule has 6 heteroatoms. The van der Waals surface area contributed by atoms with Gasteiger partial charge in [-0.05, 0) is 25.8 Å². The van der Waals surface area contributed by atoms with E-state index in [0.29, 0.717) is 37.2 Å². The van der Waals surface area contributed by atoms with Crippen LogP contribution in [0.25, 0.3) is 10.9 Å². The first-order chi connectivity index (χ1) is 12.4. The zero-order valence-corrected chi connectivity index (χ0v) is 14.9. The molecule has 1 N–H and O–H groups in total. The standard InChI is InChI=1S/C20H21N3O3/c1-12-18(15-5-3-4-6-17(15)22-12)20(26)16(11-21)19(25)14-7-9-23(10-8-14)13(2)24/h3-6,14,16,22H,7-10H2,1-2H3. The van der Waals surface area contributed by atoms with E-state index in [-0.39, 0.29) is 17.6 Å². The van der Waals surface area contributed by atoms with E-state index in [4.69, 9.17) is 0 Å². The number of likely N-dealkylation sites (tertiary alicyclic amines) is 1. The molecule has 6 nitrogen and oxygen atoms in total. The Bertz CT molecular complexity index is 914. The molecule has 26 heavy (non-hydrogen) atoms. The average Bonchev–Trinajstić information content (AvgIpc) is 2.97. The number of nitrogens with one attached hydrogen (secondary N) is 1. The second kappa shape index (κ2) is 7.12. The van der Waals surface area contributed by atoms with Gasteiger partial charge < -0.3 is 9.88 Å². The molecule has 1 aromatic heterocycles. The number of nitriles is 1. The van der Waals surface area contributed by atoms with Gasteiger partial charge in [-0.2, -0.15) is 5.26 Å². The number of benzene rings is 1. The molecule has 3 rings (SSSR count). The Labute approximate surface area is 151 Å². The van der Waals surface area contributed by atoms with E-state index < -0.39 is 11.7 Å². The Balaban J connectivity index is 1.83. The third-order valence-electron chi connectivity index (χ3n) is 5.16. The summed E-state index contributed by atoms with van der Waals surface area (Å²) in [4.78, 5) is 42.1. The van der Waals surface area contributed by atoms with Crippen molar-refractivity contribution in [1.29, 1.82) is 5.26 Å². The van der Waals surface area contributed by atoms with E-state index in [2.05, 4.69) is 4.98 Å². The number of hydrogen-bond acceptors (Lipinski definition) is 4. The van der Waals surface area contributed by atoms with Crippen molar-refractivity contribution in [3.05, 3.63) is 35.5 Å². The van der Waals surface area contributed by atoms with Crippen molar-refractivity contribution in [2.75, 3.05) is 13.1 Å². The molecule has 1 aliphatic rings. The highest BCUT2D eigenvalue weighted by atomic mass is 16.2. The molecule has 2 heterocycles. The van der Waals surface area contributed by atoms with Gasteiger partial charge in [-0.25, -0.2) is 0 Å². The van der Waals surface area contributed by atoms with Crippen LogP contribution in [0.1, 0.15) is 35.8 Å². The van der Waals surface area contributed by atoms with Gasteiger partial charge in [0, 0.05) is 48.1 Å². The van der Waals surface area contributed by atoms with Crippen LogP contribution in [-0.4, -0.2) is 40.4 Å². The fourth-order valence-corrected chi connectivity index (χ4v) is 3.70. The van der Waals surface area contributed by atoms with Crippen LogP contribution in [0, 0.1) is 30.1 Å². The highest BCUT2D eigenvalue weighted by molar-refractivity contribution is 6.19. The zero-order chi connectivity index (χ0) is 18.8. The molecule has 1 amide bonds. The number of para-hydroxylation sites is 1. The summed E-state index contributed by atoms with van der Waals surface area (Å²) in [6.07, 6.45) is 0.994. The van der Waals surface area contributed by atoms with Crippen LogP contribution in [0.2, 0.25) is 0 Å². The second-order valence-corrected chi connectivity index (χ2v) is 6.78. The molecule has 0 aliphatic carbocycles. The lowest BCUT2D eigenvalue weighted by atomic mass is 9.82. The Hall–Kier alpha value is -2.94. The van der Waals surface area contributed by atoms with Crippen LogP contribution in [0.5, 0.6) is 0 Å². The Morgan fingerprint density at radius 1 is 1.23 bits per heavy atom. The number of fused-ring (bicyclic) bond motifs is 1. The Morgan fingerprint density at radius 2 is 1.88 bits per heavy atom. The van der Waals surface area contributed by atoms with Gasteiger partial charge in [0.2, 0.25) is 5.91 Å². The molecule has 0 saturated carbocycles. The highest BCUT2D eigenvalue weighted by Gasteiger charge is 2.36. The number of carbonyl (C=O) groups excluding carboxylic acids is 3. The minimum absolute atomic E-state index is 0.0155. The van der Waals surface area contributed by atoms with Crippen molar-refractivity contribution in [2.24, 2.45) is 11.8 Å². The molecule has 0 spiro atoms. The van der Waals surface area contributed by atoms with E-state index in [9.17, 15) is 19.6 Å². The van der Waals surface area contributed by atoms with E-state index in [0.717, 1.165) is 10.9 Å². The molecule has 1 aliphatic heterocycles. The zero-order valence-electron chi connectivity index (χ0n) is 14.9. The SMILES string of the molecule is CC(=O)N1CCC(C(=O)C(C#N)C(=O)c2c(C)[nH]c3ccccc23)CC1. The third kappa shape index (κ3) is 3.13. The number of H-pyrrole nitrogens is 1. The lowest BCUT2D eigenvalue weighted by molar-refractivity contribution is -0.133. The van der Waals surface area contributed by atoms with Crippen molar-refractivity contribution < 1.29 is 14.4 Å². The molecule has 2 aromatic rings. The number of rotatable bonds is 4. The molecule has 1 unspecified atom stereocenters. The summed E-state index contributed by atoms with van der Waals surface area (Å²) in [5, 5.41) is 10.3. The summed E-state index contributed by atoms with van der Waals surface area (Å²) in [7, 11) is 0. The van der Waals surface area contributed by atoms with Gasteiger partial charge in [0.25, 0.3) is 0 Å². The smallest absolute Gasteiger partial charge is 0.219 e. The van der Waals surface area contributed by atoms with Crippen LogP contribution in [0.4, 0.5) is 0 Å². The maximum atomic E-state index is 13.0. The van der Waals surface area contributed by atoms with Crippen molar-refractivity contribution in [1.82, 2.24) is 9.88 Å². The molecule has 1 fully saturated rings. The van der Waals surface area contributed by atoms with E-state index in [1.54, 1.807) is 11.8 Å². The summed E-state index contributed by atoms with van der Waals surface area (Å²) in [6, 6.07) is 9.29. The van der Waals surface area contributed by atoms with Gasteiger partial charge in [0.1, 0.15) is 0 Å². The lowest BCUT2D eigenvalue weighted by Crippen LogP contribution is -2.41. The second-order valence-electron chi connectivity index (χ2n) is 6.78. The molecular formula is C20H21N3O3. The Morgan fingerprint density at radius 3 is 2.50 bits per heavy atom. The number of ketones is 2. The van der Waals surface area contributed by atoms with E-state index in [1.807, 2.05) is 30.3 Å². The number of nitrogens with zero attached hydrogens (tertiary/aromatic N) is 2. The third-order valence-corrected chi connectivity index (χ3v) is 5.16. The van der Waals surface area contributed by atoms with Crippen LogP contribution in [-0.2, 0) is 9.59 Å². The predicted octanol–water partition coefficient (Wildman–Crippen LogP) is 2.63. The molecule has 1 atom stereocenters. The number of aryl methyl sites for hydroxylation is 1. The maximum Gasteiger partial charge on any atom is 0.219 e. The van der Waals surface area contributed by atoms with Gasteiger partial charge in [-0.15, -0.1) is 0 Å². The predicted molar refractivity (Wildman–Crippen MR) is 96.5 cm³/mol. The van der Waals surface area contributed by atoms with Crippen LogP contribution in [0.3, 0.4) is 0 Å². The molecule has 1 saturated heterocycles. The Kier molecular flexibility index (Phi) is 4.90. The topological polar surface area (TPSA) is 94.0 Å². The fraction of sp³-hybridized carbons (Fsp3) is 0.400. The van der Waals surface area contributed by atoms with Crippen molar-refractivity contribution >= 4 is 28.4 Å². The maximum absolute atomic E-state index is 13.0. The first kappa shape index (κ1) is 17.9. The lowest BCUT2D eigenvalue weighted by Gasteiger charge is -2.31. The highest BCUT2D eigenvalue weighted by Crippen LogP contribution is 2.28. The van der Waals surface area contributed by atoms with Crippen LogP contribution >= 0.6 is 0 Å². The van der Waals surface area contributed by atoms with Crippen molar-refractivity contribution in [3.8, 4) is 6.07 Å². The first-order valence-corrected chi connectivity index (χ1v) is 8.74. The summed E-state index contributed by atoms with van der Waals surface area (Å²) >= 11 is 0. The summed E-state index contributed by atoms with van der Waals surface area (Å²) in [5.41, 5.74) is 1.89. The summed E-state index contributed by atoms with van der Waals surface area (Å²) < 4.78 is 0. The molecule has 134 valence electrons. The van der Waals surface area contributed by atoms with Crippen molar-refractivity contribution in [2.45, 2.75) is 26.7 Å². The molecule has 0 radical (unpaired) electrons. The van der Waals surface area contributed by atoms with Gasteiger partial charge >= 0.3 is 0 Å². The number of piperidine rings is 1. The number of hydrogen-bond donors (Lipinski definition) is 1. The average molecular weight is 351 g/mol. The monoisotopic (exact) mass is 351 g/mol. The number of carbonyl (C=O) groups is 3.